The van der Waals surface area contributed by atoms with Crippen LogP contribution < -0.4 is 15.4 Å². The van der Waals surface area contributed by atoms with Gasteiger partial charge in [0.15, 0.2) is 4.34 Å². The maximum absolute atomic E-state index is 12.4. The van der Waals surface area contributed by atoms with Crippen molar-refractivity contribution in [3.63, 3.8) is 0 Å². The maximum Gasteiger partial charge on any atom is 0.233 e. The Balaban J connectivity index is 1.50. The van der Waals surface area contributed by atoms with E-state index >= 15 is 0 Å². The van der Waals surface area contributed by atoms with Crippen LogP contribution in [0.3, 0.4) is 0 Å². The molecule has 0 aliphatic carbocycles. The molecule has 0 spiro atoms. The number of methoxy groups -OCH3 is 1. The van der Waals surface area contributed by atoms with Crippen LogP contribution in [0.15, 0.2) is 58.9 Å². The summed E-state index contributed by atoms with van der Waals surface area (Å²) >= 11 is 2.82. The molecule has 0 saturated carbocycles. The highest BCUT2D eigenvalue weighted by molar-refractivity contribution is 8.02. The van der Waals surface area contributed by atoms with E-state index in [1.54, 1.807) is 7.11 Å². The van der Waals surface area contributed by atoms with Gasteiger partial charge in [-0.1, -0.05) is 66.4 Å². The molecule has 29 heavy (non-hydrogen) atoms. The Hall–Kier alpha value is -2.58. The van der Waals surface area contributed by atoms with Crippen LogP contribution in [-0.4, -0.2) is 35.0 Å². The van der Waals surface area contributed by atoms with Gasteiger partial charge in [0, 0.05) is 18.3 Å². The van der Waals surface area contributed by atoms with Crippen LogP contribution >= 0.6 is 23.1 Å². The van der Waals surface area contributed by atoms with Crippen molar-refractivity contribution >= 4 is 39.8 Å². The number of carbonyl (C=O) groups excluding carboxylic acids is 1. The number of nitrogens with zero attached hydrogens (tertiary/aromatic N) is 2. The Morgan fingerprint density at radius 3 is 2.69 bits per heavy atom. The molecular weight excluding hydrogens is 404 g/mol. The number of carbonyl (C=O) groups is 1. The molecule has 3 rings (SSSR count). The fraction of sp³-hybridized carbons (Fsp3) is 0.286. The lowest BCUT2D eigenvalue weighted by molar-refractivity contribution is -0.120. The first-order valence-electron chi connectivity index (χ1n) is 9.29. The molecule has 0 aliphatic rings. The van der Waals surface area contributed by atoms with Gasteiger partial charge in [0.2, 0.25) is 11.0 Å². The first-order valence-corrected chi connectivity index (χ1v) is 11.0. The van der Waals surface area contributed by atoms with Gasteiger partial charge in [-0.3, -0.25) is 4.79 Å². The van der Waals surface area contributed by atoms with Gasteiger partial charge >= 0.3 is 0 Å². The number of ether oxygens (including phenoxy) is 1. The van der Waals surface area contributed by atoms with E-state index in [9.17, 15) is 4.79 Å². The zero-order chi connectivity index (χ0) is 20.6. The minimum atomic E-state index is -0.254. The molecule has 0 radical (unpaired) electrons. The van der Waals surface area contributed by atoms with E-state index in [0.717, 1.165) is 15.8 Å². The maximum atomic E-state index is 12.4. The number of thioether (sulfide) groups is 1. The van der Waals surface area contributed by atoms with Crippen LogP contribution in [0.25, 0.3) is 0 Å². The summed E-state index contributed by atoms with van der Waals surface area (Å²) in [6.07, 6.45) is 0. The molecular formula is C21H24N4O2S2. The molecule has 1 amide bonds. The number of aromatic nitrogens is 2. The molecule has 0 fully saturated rings. The summed E-state index contributed by atoms with van der Waals surface area (Å²) in [5, 5.41) is 15.0. The molecule has 3 aromatic rings. The molecule has 1 aromatic heterocycles. The second-order valence-electron chi connectivity index (χ2n) is 6.55. The van der Waals surface area contributed by atoms with E-state index in [1.165, 1.54) is 28.7 Å². The molecule has 0 saturated heterocycles. The van der Waals surface area contributed by atoms with Crippen molar-refractivity contribution in [2.75, 3.05) is 19.0 Å². The topological polar surface area (TPSA) is 76.1 Å². The summed E-state index contributed by atoms with van der Waals surface area (Å²) in [5.41, 5.74) is 2.09. The summed E-state index contributed by atoms with van der Waals surface area (Å²) in [5.74, 6) is 1.02. The Morgan fingerprint density at radius 2 is 1.93 bits per heavy atom. The number of amides is 1. The second-order valence-corrected chi connectivity index (χ2v) is 9.11. The highest BCUT2D eigenvalue weighted by Gasteiger charge is 2.18. The van der Waals surface area contributed by atoms with Crippen molar-refractivity contribution in [3.05, 3.63) is 60.2 Å². The third kappa shape index (κ3) is 6.20. The predicted molar refractivity (Wildman–Crippen MR) is 119 cm³/mol. The van der Waals surface area contributed by atoms with Gasteiger partial charge in [-0.2, -0.15) is 0 Å². The Kier molecular flexibility index (Phi) is 7.48. The Bertz CT molecular complexity index is 933. The van der Waals surface area contributed by atoms with E-state index < -0.39 is 0 Å². The molecule has 152 valence electrons. The predicted octanol–water partition coefficient (Wildman–Crippen LogP) is 4.69. The highest BCUT2D eigenvalue weighted by atomic mass is 32.2. The summed E-state index contributed by atoms with van der Waals surface area (Å²) in [6.45, 7) is 4.59. The van der Waals surface area contributed by atoms with E-state index in [4.69, 9.17) is 4.74 Å². The number of nitrogens with one attached hydrogen (secondary N) is 2. The lowest BCUT2D eigenvalue weighted by Crippen LogP contribution is -2.33. The number of benzene rings is 2. The Morgan fingerprint density at radius 1 is 1.14 bits per heavy atom. The fourth-order valence-electron chi connectivity index (χ4n) is 2.63. The normalized spacial score (nSPS) is 12.8. The second kappa shape index (κ2) is 10.3. The van der Waals surface area contributed by atoms with Crippen molar-refractivity contribution in [2.45, 2.75) is 29.4 Å². The van der Waals surface area contributed by atoms with Crippen molar-refractivity contribution in [1.29, 1.82) is 0 Å². The number of hydrogen-bond acceptors (Lipinski definition) is 7. The molecule has 2 unspecified atom stereocenters. The zero-order valence-corrected chi connectivity index (χ0v) is 18.2. The highest BCUT2D eigenvalue weighted by Crippen LogP contribution is 2.31. The van der Waals surface area contributed by atoms with Gasteiger partial charge in [0.25, 0.3) is 0 Å². The average Bonchev–Trinajstić information content (AvgIpc) is 3.19. The van der Waals surface area contributed by atoms with Crippen LogP contribution in [-0.2, 0) is 4.79 Å². The first kappa shape index (κ1) is 21.1. The van der Waals surface area contributed by atoms with Crippen molar-refractivity contribution in [1.82, 2.24) is 15.5 Å². The van der Waals surface area contributed by atoms with E-state index in [-0.39, 0.29) is 17.1 Å². The summed E-state index contributed by atoms with van der Waals surface area (Å²) in [6, 6.07) is 17.8. The molecule has 8 heteroatoms. The Labute approximate surface area is 179 Å². The lowest BCUT2D eigenvalue weighted by atomic mass is 10.0. The van der Waals surface area contributed by atoms with Gasteiger partial charge in [-0.05, 0) is 30.5 Å². The van der Waals surface area contributed by atoms with Gasteiger partial charge in [-0.15, -0.1) is 10.2 Å². The van der Waals surface area contributed by atoms with Gasteiger partial charge in [0.1, 0.15) is 5.75 Å². The summed E-state index contributed by atoms with van der Waals surface area (Å²) < 4.78 is 5.97. The van der Waals surface area contributed by atoms with Gasteiger partial charge in [-0.25, -0.2) is 0 Å². The van der Waals surface area contributed by atoms with Crippen LogP contribution in [0.2, 0.25) is 0 Å². The molecule has 0 bridgehead atoms. The monoisotopic (exact) mass is 428 g/mol. The van der Waals surface area contributed by atoms with Crippen LogP contribution in [0.5, 0.6) is 5.75 Å². The third-order valence-electron chi connectivity index (χ3n) is 4.33. The number of anilines is 2. The third-order valence-corrected chi connectivity index (χ3v) is 6.35. The molecule has 2 N–H and O–H groups in total. The number of rotatable bonds is 9. The van der Waals surface area contributed by atoms with Crippen LogP contribution in [0.4, 0.5) is 10.8 Å². The number of hydrogen-bond donors (Lipinski definition) is 2. The lowest BCUT2D eigenvalue weighted by Gasteiger charge is -2.15. The SMILES string of the molecule is COc1cccc(Nc2nnc(SC(C)C(=O)NCC(C)c3ccccc3)s2)c1. The molecule has 2 aromatic carbocycles. The minimum absolute atomic E-state index is 0.00436. The molecule has 6 nitrogen and oxygen atoms in total. The van der Waals surface area contributed by atoms with E-state index in [2.05, 4.69) is 39.9 Å². The summed E-state index contributed by atoms with van der Waals surface area (Å²) in [4.78, 5) is 12.4. The van der Waals surface area contributed by atoms with E-state index in [0.29, 0.717) is 11.7 Å². The smallest absolute Gasteiger partial charge is 0.233 e. The van der Waals surface area contributed by atoms with Gasteiger partial charge in [0.05, 0.1) is 12.4 Å². The fourth-order valence-corrected chi connectivity index (χ4v) is 4.57. The van der Waals surface area contributed by atoms with Crippen molar-refractivity contribution in [3.8, 4) is 5.75 Å². The largest absolute Gasteiger partial charge is 0.497 e. The van der Waals surface area contributed by atoms with Crippen molar-refractivity contribution < 1.29 is 9.53 Å². The van der Waals surface area contributed by atoms with Crippen LogP contribution in [0, 0.1) is 0 Å². The zero-order valence-electron chi connectivity index (χ0n) is 16.6. The van der Waals surface area contributed by atoms with E-state index in [1.807, 2.05) is 49.4 Å². The molecule has 0 aliphatic heterocycles. The molecule has 1 heterocycles. The van der Waals surface area contributed by atoms with Gasteiger partial charge < -0.3 is 15.4 Å². The molecule has 2 atom stereocenters. The quantitative estimate of drug-likeness (QED) is 0.482. The average molecular weight is 429 g/mol. The summed E-state index contributed by atoms with van der Waals surface area (Å²) in [7, 11) is 1.63. The van der Waals surface area contributed by atoms with Crippen molar-refractivity contribution in [2.24, 2.45) is 0 Å². The van der Waals surface area contributed by atoms with Crippen LogP contribution in [0.1, 0.15) is 25.3 Å². The standard InChI is InChI=1S/C21H24N4O2S2/c1-14(16-8-5-4-6-9-16)13-22-19(26)15(2)28-21-25-24-20(29-21)23-17-10-7-11-18(12-17)27-3/h4-12,14-15H,13H2,1-3H3,(H,22,26)(H,23,24). The minimum Gasteiger partial charge on any atom is -0.497 e. The first-order chi connectivity index (χ1) is 14.0.